The molecule has 22 heavy (non-hydrogen) atoms. The van der Waals surface area contributed by atoms with Gasteiger partial charge in [0.1, 0.15) is 0 Å². The van der Waals surface area contributed by atoms with E-state index in [0.29, 0.717) is 0 Å². The maximum atomic E-state index is 3.74. The van der Waals surface area contributed by atoms with Gasteiger partial charge in [0.2, 0.25) is 0 Å². The lowest BCUT2D eigenvalue weighted by atomic mass is 9.86. The van der Waals surface area contributed by atoms with Crippen molar-refractivity contribution in [3.63, 3.8) is 0 Å². The van der Waals surface area contributed by atoms with E-state index < -0.39 is 0 Å². The van der Waals surface area contributed by atoms with E-state index in [-0.39, 0.29) is 0 Å². The molecule has 2 nitrogen and oxygen atoms in total. The second-order valence-electron chi connectivity index (χ2n) is 7.40. The molecule has 1 saturated carbocycles. The largest absolute Gasteiger partial charge is 0.315 e. The SMILES string of the molecule is CCCCCCCCCCCNCCNC1CCCCC1C. The van der Waals surface area contributed by atoms with Gasteiger partial charge in [-0.05, 0) is 31.7 Å². The van der Waals surface area contributed by atoms with Crippen LogP contribution in [0.2, 0.25) is 0 Å². The zero-order valence-corrected chi connectivity index (χ0v) is 15.5. The number of hydrogen-bond acceptors (Lipinski definition) is 2. The van der Waals surface area contributed by atoms with Crippen molar-refractivity contribution in [3.8, 4) is 0 Å². The Kier molecular flexibility index (Phi) is 13.2. The van der Waals surface area contributed by atoms with E-state index in [1.165, 1.54) is 90.0 Å². The molecule has 0 bridgehead atoms. The van der Waals surface area contributed by atoms with Crippen LogP contribution < -0.4 is 10.6 Å². The van der Waals surface area contributed by atoms with E-state index in [2.05, 4.69) is 24.5 Å². The maximum absolute atomic E-state index is 3.74. The molecule has 2 unspecified atom stereocenters. The highest BCUT2D eigenvalue weighted by atomic mass is 15.0. The van der Waals surface area contributed by atoms with Crippen LogP contribution in [0.3, 0.4) is 0 Å². The van der Waals surface area contributed by atoms with Crippen LogP contribution in [0.15, 0.2) is 0 Å². The van der Waals surface area contributed by atoms with Gasteiger partial charge in [0.15, 0.2) is 0 Å². The summed E-state index contributed by atoms with van der Waals surface area (Å²) in [6, 6.07) is 0.781. The first-order chi connectivity index (χ1) is 10.8. The lowest BCUT2D eigenvalue weighted by Gasteiger charge is -2.29. The maximum Gasteiger partial charge on any atom is 0.00932 e. The van der Waals surface area contributed by atoms with Crippen molar-refractivity contribution in [1.82, 2.24) is 10.6 Å². The molecule has 1 aliphatic rings. The Balaban J connectivity index is 1.74. The predicted molar refractivity (Wildman–Crippen MR) is 99.5 cm³/mol. The molecule has 0 amide bonds. The van der Waals surface area contributed by atoms with Crippen LogP contribution in [0.1, 0.15) is 97.3 Å². The Morgan fingerprint density at radius 1 is 0.727 bits per heavy atom. The topological polar surface area (TPSA) is 24.1 Å². The minimum absolute atomic E-state index is 0.781. The monoisotopic (exact) mass is 310 g/mol. The third-order valence-electron chi connectivity index (χ3n) is 5.28. The summed E-state index contributed by atoms with van der Waals surface area (Å²) in [5, 5.41) is 7.34. The van der Waals surface area contributed by atoms with Crippen molar-refractivity contribution < 1.29 is 0 Å². The predicted octanol–water partition coefficient (Wildman–Crippen LogP) is 5.28. The lowest BCUT2D eigenvalue weighted by Crippen LogP contribution is -2.40. The van der Waals surface area contributed by atoms with Crippen molar-refractivity contribution in [3.05, 3.63) is 0 Å². The van der Waals surface area contributed by atoms with Gasteiger partial charge < -0.3 is 10.6 Å². The molecule has 2 atom stereocenters. The molecule has 2 N–H and O–H groups in total. The van der Waals surface area contributed by atoms with Gasteiger partial charge in [-0.1, -0.05) is 78.1 Å². The quantitative estimate of drug-likeness (QED) is 0.427. The average Bonchev–Trinajstić information content (AvgIpc) is 2.53. The molecule has 0 aromatic heterocycles. The molecule has 2 heteroatoms. The van der Waals surface area contributed by atoms with Gasteiger partial charge in [-0.2, -0.15) is 0 Å². The zero-order chi connectivity index (χ0) is 15.9. The van der Waals surface area contributed by atoms with Crippen LogP contribution >= 0.6 is 0 Å². The van der Waals surface area contributed by atoms with E-state index in [0.717, 1.165) is 25.0 Å². The van der Waals surface area contributed by atoms with Crippen LogP contribution in [-0.2, 0) is 0 Å². The van der Waals surface area contributed by atoms with Gasteiger partial charge in [0, 0.05) is 19.1 Å². The summed E-state index contributed by atoms with van der Waals surface area (Å²) in [5.41, 5.74) is 0. The number of nitrogens with one attached hydrogen (secondary N) is 2. The van der Waals surface area contributed by atoms with Crippen molar-refractivity contribution >= 4 is 0 Å². The van der Waals surface area contributed by atoms with Crippen LogP contribution in [0.25, 0.3) is 0 Å². The Morgan fingerprint density at radius 3 is 2.05 bits per heavy atom. The van der Waals surface area contributed by atoms with Crippen molar-refractivity contribution in [2.45, 2.75) is 103 Å². The first-order valence-electron chi connectivity index (χ1n) is 10.3. The number of hydrogen-bond donors (Lipinski definition) is 2. The van der Waals surface area contributed by atoms with Gasteiger partial charge in [-0.3, -0.25) is 0 Å². The lowest BCUT2D eigenvalue weighted by molar-refractivity contribution is 0.281. The average molecular weight is 311 g/mol. The van der Waals surface area contributed by atoms with Crippen molar-refractivity contribution in [2.24, 2.45) is 5.92 Å². The van der Waals surface area contributed by atoms with Crippen molar-refractivity contribution in [1.29, 1.82) is 0 Å². The van der Waals surface area contributed by atoms with Gasteiger partial charge >= 0.3 is 0 Å². The molecular weight excluding hydrogens is 268 g/mol. The Hall–Kier alpha value is -0.0800. The molecule has 1 aliphatic carbocycles. The summed E-state index contributed by atoms with van der Waals surface area (Å²) in [7, 11) is 0. The molecule has 1 rings (SSSR count). The highest BCUT2D eigenvalue weighted by Crippen LogP contribution is 2.23. The zero-order valence-electron chi connectivity index (χ0n) is 15.5. The molecule has 0 spiro atoms. The summed E-state index contributed by atoms with van der Waals surface area (Å²) < 4.78 is 0. The molecule has 0 aliphatic heterocycles. The summed E-state index contributed by atoms with van der Waals surface area (Å²) >= 11 is 0. The van der Waals surface area contributed by atoms with Gasteiger partial charge in [-0.25, -0.2) is 0 Å². The second-order valence-corrected chi connectivity index (χ2v) is 7.40. The molecule has 1 fully saturated rings. The van der Waals surface area contributed by atoms with Crippen LogP contribution in [-0.4, -0.2) is 25.7 Å². The van der Waals surface area contributed by atoms with Crippen molar-refractivity contribution in [2.75, 3.05) is 19.6 Å². The first-order valence-corrected chi connectivity index (χ1v) is 10.3. The third kappa shape index (κ3) is 10.6. The van der Waals surface area contributed by atoms with Gasteiger partial charge in [-0.15, -0.1) is 0 Å². The fourth-order valence-corrected chi connectivity index (χ4v) is 3.65. The minimum atomic E-state index is 0.781. The normalized spacial score (nSPS) is 22.1. The summed E-state index contributed by atoms with van der Waals surface area (Å²) in [4.78, 5) is 0. The van der Waals surface area contributed by atoms with Crippen LogP contribution in [0, 0.1) is 5.92 Å². The first kappa shape index (κ1) is 20.0. The number of unbranched alkanes of at least 4 members (excludes halogenated alkanes) is 8. The molecule has 0 aromatic rings. The second kappa shape index (κ2) is 14.5. The molecule has 0 saturated heterocycles. The summed E-state index contributed by atoms with van der Waals surface area (Å²) in [6.07, 6.45) is 18.5. The van der Waals surface area contributed by atoms with E-state index in [4.69, 9.17) is 0 Å². The summed E-state index contributed by atoms with van der Waals surface area (Å²) in [6.45, 7) is 8.19. The fraction of sp³-hybridized carbons (Fsp3) is 1.00. The van der Waals surface area contributed by atoms with E-state index in [1.807, 2.05) is 0 Å². The summed E-state index contributed by atoms with van der Waals surface area (Å²) in [5.74, 6) is 0.881. The van der Waals surface area contributed by atoms with E-state index >= 15 is 0 Å². The molecule has 132 valence electrons. The van der Waals surface area contributed by atoms with Gasteiger partial charge in [0.25, 0.3) is 0 Å². The Labute approximate surface area is 140 Å². The highest BCUT2D eigenvalue weighted by molar-refractivity contribution is 4.78. The van der Waals surface area contributed by atoms with Gasteiger partial charge in [0.05, 0.1) is 0 Å². The standard InChI is InChI=1S/C20H42N2/c1-3-4-5-6-7-8-9-10-13-16-21-17-18-22-20-15-12-11-14-19(20)2/h19-22H,3-18H2,1-2H3. The fourth-order valence-electron chi connectivity index (χ4n) is 3.65. The number of rotatable bonds is 14. The Bertz CT molecular complexity index is 230. The third-order valence-corrected chi connectivity index (χ3v) is 5.28. The highest BCUT2D eigenvalue weighted by Gasteiger charge is 2.19. The molecular formula is C20H42N2. The molecule has 0 heterocycles. The van der Waals surface area contributed by atoms with E-state index in [9.17, 15) is 0 Å². The van der Waals surface area contributed by atoms with E-state index in [1.54, 1.807) is 0 Å². The molecule has 0 radical (unpaired) electrons. The smallest absolute Gasteiger partial charge is 0.00932 e. The van der Waals surface area contributed by atoms with Crippen LogP contribution in [0.4, 0.5) is 0 Å². The van der Waals surface area contributed by atoms with Crippen LogP contribution in [0.5, 0.6) is 0 Å². The Morgan fingerprint density at radius 2 is 1.36 bits per heavy atom. The molecule has 0 aromatic carbocycles. The minimum Gasteiger partial charge on any atom is -0.315 e.